The molecule has 4 nitrogen and oxygen atoms in total. The van der Waals surface area contributed by atoms with E-state index in [2.05, 4.69) is 48.5 Å². The van der Waals surface area contributed by atoms with Crippen molar-refractivity contribution in [3.63, 3.8) is 0 Å². The number of aliphatic hydroxyl groups excluding tert-OH is 1. The number of hydrogen-bond donors (Lipinski definition) is 2. The highest BCUT2D eigenvalue weighted by Gasteiger charge is 2.05. The molecular weight excluding hydrogens is 250 g/mol. The molecule has 20 heavy (non-hydrogen) atoms. The molecule has 1 heterocycles. The molecule has 2 aromatic rings. The number of aromatic nitrogens is 2. The van der Waals surface area contributed by atoms with Crippen molar-refractivity contribution >= 4 is 0 Å². The maximum Gasteiger partial charge on any atom is 0.0640 e. The minimum absolute atomic E-state index is 0.120. The van der Waals surface area contributed by atoms with Crippen LogP contribution in [-0.4, -0.2) is 21.5 Å². The van der Waals surface area contributed by atoms with Crippen molar-refractivity contribution in [2.24, 2.45) is 0 Å². The van der Waals surface area contributed by atoms with Crippen LogP contribution >= 0.6 is 0 Å². The molecular formula is C16H23N3O. The second-order valence-corrected chi connectivity index (χ2v) is 5.03. The number of aliphatic hydroxyl groups is 1. The summed E-state index contributed by atoms with van der Waals surface area (Å²) in [7, 11) is 0. The first kappa shape index (κ1) is 14.8. The third-order valence-electron chi connectivity index (χ3n) is 3.52. The van der Waals surface area contributed by atoms with Crippen LogP contribution in [0.4, 0.5) is 0 Å². The standard InChI is InChI=1S/C16H23N3O/c1-3-14-4-6-16(7-5-14)13(2)17-10-15-11-18-19(12-15)8-9-20/h4-7,11-13,17,20H,3,8-10H2,1-2H3. The molecule has 1 aromatic heterocycles. The Kier molecular flexibility index (Phi) is 5.32. The van der Waals surface area contributed by atoms with Gasteiger partial charge in [-0.15, -0.1) is 0 Å². The fourth-order valence-corrected chi connectivity index (χ4v) is 2.15. The molecule has 1 unspecified atom stereocenters. The van der Waals surface area contributed by atoms with Crippen LogP contribution < -0.4 is 5.32 Å². The average molecular weight is 273 g/mol. The van der Waals surface area contributed by atoms with Gasteiger partial charge >= 0.3 is 0 Å². The number of hydrogen-bond acceptors (Lipinski definition) is 3. The van der Waals surface area contributed by atoms with E-state index < -0.39 is 0 Å². The van der Waals surface area contributed by atoms with E-state index in [0.717, 1.165) is 18.5 Å². The highest BCUT2D eigenvalue weighted by atomic mass is 16.3. The predicted octanol–water partition coefficient (Wildman–Crippen LogP) is 2.29. The van der Waals surface area contributed by atoms with Crippen LogP contribution in [0.5, 0.6) is 0 Å². The second-order valence-electron chi connectivity index (χ2n) is 5.03. The van der Waals surface area contributed by atoms with E-state index in [1.165, 1.54) is 11.1 Å². The number of aryl methyl sites for hydroxylation is 1. The van der Waals surface area contributed by atoms with E-state index in [1.807, 2.05) is 12.4 Å². The normalized spacial score (nSPS) is 12.6. The lowest BCUT2D eigenvalue weighted by molar-refractivity contribution is 0.269. The highest BCUT2D eigenvalue weighted by Crippen LogP contribution is 2.14. The number of nitrogens with zero attached hydrogens (tertiary/aromatic N) is 2. The van der Waals surface area contributed by atoms with E-state index in [1.54, 1.807) is 4.68 Å². The first-order valence-electron chi connectivity index (χ1n) is 7.17. The topological polar surface area (TPSA) is 50.1 Å². The molecule has 0 aliphatic rings. The Morgan fingerprint density at radius 1 is 1.25 bits per heavy atom. The Hall–Kier alpha value is -1.65. The molecule has 0 saturated carbocycles. The zero-order chi connectivity index (χ0) is 14.4. The smallest absolute Gasteiger partial charge is 0.0640 e. The zero-order valence-electron chi connectivity index (χ0n) is 12.2. The molecule has 4 heteroatoms. The number of benzene rings is 1. The molecule has 1 aromatic carbocycles. The van der Waals surface area contributed by atoms with Crippen LogP contribution in [0.1, 0.15) is 36.6 Å². The van der Waals surface area contributed by atoms with Gasteiger partial charge in [-0.2, -0.15) is 5.10 Å². The van der Waals surface area contributed by atoms with Gasteiger partial charge in [0.1, 0.15) is 0 Å². The molecule has 0 spiro atoms. The van der Waals surface area contributed by atoms with Crippen molar-refractivity contribution in [1.82, 2.24) is 15.1 Å². The first-order chi connectivity index (χ1) is 9.72. The Morgan fingerprint density at radius 3 is 2.65 bits per heavy atom. The third kappa shape index (κ3) is 3.92. The van der Waals surface area contributed by atoms with Crippen LogP contribution in [0.3, 0.4) is 0 Å². The summed E-state index contributed by atoms with van der Waals surface area (Å²) < 4.78 is 1.76. The van der Waals surface area contributed by atoms with Gasteiger partial charge < -0.3 is 10.4 Å². The maximum absolute atomic E-state index is 8.86. The van der Waals surface area contributed by atoms with Gasteiger partial charge in [0.15, 0.2) is 0 Å². The van der Waals surface area contributed by atoms with Gasteiger partial charge in [0.05, 0.1) is 19.3 Å². The molecule has 0 amide bonds. The van der Waals surface area contributed by atoms with Crippen molar-refractivity contribution in [3.05, 3.63) is 53.3 Å². The predicted molar refractivity (Wildman–Crippen MR) is 80.4 cm³/mol. The molecule has 1 atom stereocenters. The summed E-state index contributed by atoms with van der Waals surface area (Å²) >= 11 is 0. The van der Waals surface area contributed by atoms with Gasteiger partial charge in [-0.1, -0.05) is 31.2 Å². The molecule has 0 bridgehead atoms. The van der Waals surface area contributed by atoms with Crippen LogP contribution in [0, 0.1) is 0 Å². The summed E-state index contributed by atoms with van der Waals surface area (Å²) in [6.07, 6.45) is 4.89. The van der Waals surface area contributed by atoms with E-state index in [4.69, 9.17) is 5.11 Å². The van der Waals surface area contributed by atoms with Gasteiger partial charge in [0, 0.05) is 24.3 Å². The van der Waals surface area contributed by atoms with Crippen LogP contribution in [0.2, 0.25) is 0 Å². The average Bonchev–Trinajstić information content (AvgIpc) is 2.93. The lowest BCUT2D eigenvalue weighted by Gasteiger charge is -2.14. The van der Waals surface area contributed by atoms with Gasteiger partial charge in [0.2, 0.25) is 0 Å². The first-order valence-corrected chi connectivity index (χ1v) is 7.17. The fourth-order valence-electron chi connectivity index (χ4n) is 2.15. The largest absolute Gasteiger partial charge is 0.394 e. The minimum atomic E-state index is 0.120. The zero-order valence-corrected chi connectivity index (χ0v) is 12.2. The van der Waals surface area contributed by atoms with Gasteiger partial charge in [0.25, 0.3) is 0 Å². The summed E-state index contributed by atoms with van der Waals surface area (Å²) in [5, 5.41) is 16.6. The Morgan fingerprint density at radius 2 is 2.00 bits per heavy atom. The number of nitrogens with one attached hydrogen (secondary N) is 1. The second kappa shape index (κ2) is 7.22. The number of rotatable bonds is 7. The maximum atomic E-state index is 8.86. The van der Waals surface area contributed by atoms with Crippen molar-refractivity contribution in [1.29, 1.82) is 0 Å². The summed E-state index contributed by atoms with van der Waals surface area (Å²) in [5.41, 5.74) is 3.80. The SMILES string of the molecule is CCc1ccc(C(C)NCc2cnn(CCO)c2)cc1. The van der Waals surface area contributed by atoms with E-state index in [-0.39, 0.29) is 6.61 Å². The molecule has 0 aliphatic heterocycles. The highest BCUT2D eigenvalue weighted by molar-refractivity contribution is 5.24. The van der Waals surface area contributed by atoms with Gasteiger partial charge in [-0.25, -0.2) is 0 Å². The van der Waals surface area contributed by atoms with Crippen molar-refractivity contribution in [2.45, 2.75) is 39.4 Å². The molecule has 0 aliphatic carbocycles. The van der Waals surface area contributed by atoms with Crippen molar-refractivity contribution in [3.8, 4) is 0 Å². The lowest BCUT2D eigenvalue weighted by Crippen LogP contribution is -2.17. The molecule has 0 radical (unpaired) electrons. The molecule has 0 saturated heterocycles. The van der Waals surface area contributed by atoms with Crippen molar-refractivity contribution < 1.29 is 5.11 Å². The van der Waals surface area contributed by atoms with Gasteiger partial charge in [-0.3, -0.25) is 4.68 Å². The Labute approximate surface area is 120 Å². The summed E-state index contributed by atoms with van der Waals surface area (Å²) in [6, 6.07) is 9.05. The molecule has 108 valence electrons. The van der Waals surface area contributed by atoms with E-state index in [0.29, 0.717) is 12.6 Å². The van der Waals surface area contributed by atoms with Crippen molar-refractivity contribution in [2.75, 3.05) is 6.61 Å². The van der Waals surface area contributed by atoms with Crippen LogP contribution in [-0.2, 0) is 19.5 Å². The monoisotopic (exact) mass is 273 g/mol. The Bertz CT molecular complexity index is 519. The summed E-state index contributed by atoms with van der Waals surface area (Å²) in [5.74, 6) is 0. The van der Waals surface area contributed by atoms with Crippen LogP contribution in [0.25, 0.3) is 0 Å². The lowest BCUT2D eigenvalue weighted by atomic mass is 10.0. The van der Waals surface area contributed by atoms with E-state index in [9.17, 15) is 0 Å². The third-order valence-corrected chi connectivity index (χ3v) is 3.52. The Balaban J connectivity index is 1.88. The molecule has 0 fully saturated rings. The molecule has 2 rings (SSSR count). The van der Waals surface area contributed by atoms with Gasteiger partial charge in [-0.05, 0) is 24.5 Å². The van der Waals surface area contributed by atoms with Crippen LogP contribution in [0.15, 0.2) is 36.7 Å². The minimum Gasteiger partial charge on any atom is -0.394 e. The summed E-state index contributed by atoms with van der Waals surface area (Å²) in [6.45, 7) is 5.78. The fraction of sp³-hybridized carbons (Fsp3) is 0.438. The molecule has 2 N–H and O–H groups in total. The summed E-state index contributed by atoms with van der Waals surface area (Å²) in [4.78, 5) is 0. The van der Waals surface area contributed by atoms with E-state index >= 15 is 0 Å². The quantitative estimate of drug-likeness (QED) is 0.814.